The minimum absolute atomic E-state index is 0.0778. The van der Waals surface area contributed by atoms with E-state index in [4.69, 9.17) is 4.74 Å². The topological polar surface area (TPSA) is 84.3 Å². The Labute approximate surface area is 140 Å². The van der Waals surface area contributed by atoms with Crippen molar-refractivity contribution in [3.05, 3.63) is 36.0 Å². The lowest BCUT2D eigenvalue weighted by molar-refractivity contribution is -0.120. The number of fused-ring (bicyclic) bond motifs is 1. The molecule has 2 aromatic heterocycles. The van der Waals surface area contributed by atoms with Crippen molar-refractivity contribution in [3.8, 4) is 11.4 Å². The number of rotatable bonds is 7. The van der Waals surface area contributed by atoms with Crippen LogP contribution in [0.5, 0.6) is 0 Å². The molecule has 0 spiro atoms. The number of amides is 1. The Hall–Kier alpha value is -2.67. The third-order valence-corrected chi connectivity index (χ3v) is 3.56. The SMILES string of the molecule is CCCCOCC(=O)Nc1ccc(-c2nc3cc(C)[nH]n3n2)cc1. The molecule has 0 radical (unpaired) electrons. The van der Waals surface area contributed by atoms with Crippen LogP contribution in [0.1, 0.15) is 25.5 Å². The molecule has 1 amide bonds. The van der Waals surface area contributed by atoms with Crippen LogP contribution in [0.4, 0.5) is 5.69 Å². The number of unbranched alkanes of at least 4 members (excludes halogenated alkanes) is 1. The van der Waals surface area contributed by atoms with Crippen molar-refractivity contribution in [2.75, 3.05) is 18.5 Å². The number of carbonyl (C=O) groups excluding carboxylic acids is 1. The number of aromatic nitrogens is 4. The van der Waals surface area contributed by atoms with Crippen LogP contribution in [-0.4, -0.2) is 38.9 Å². The van der Waals surface area contributed by atoms with Crippen LogP contribution in [0, 0.1) is 6.92 Å². The molecule has 0 aliphatic heterocycles. The predicted octanol–water partition coefficient (Wildman–Crippen LogP) is 2.79. The van der Waals surface area contributed by atoms with E-state index >= 15 is 0 Å². The fourth-order valence-corrected chi connectivity index (χ4v) is 2.33. The summed E-state index contributed by atoms with van der Waals surface area (Å²) in [6.45, 7) is 4.73. The van der Waals surface area contributed by atoms with Crippen molar-refractivity contribution >= 4 is 17.2 Å². The maximum atomic E-state index is 11.8. The molecule has 0 aliphatic rings. The van der Waals surface area contributed by atoms with Gasteiger partial charge >= 0.3 is 0 Å². The van der Waals surface area contributed by atoms with Gasteiger partial charge in [0.15, 0.2) is 11.5 Å². The number of nitrogens with one attached hydrogen (secondary N) is 2. The van der Waals surface area contributed by atoms with Gasteiger partial charge < -0.3 is 10.1 Å². The minimum atomic E-state index is -0.150. The molecule has 1 aromatic carbocycles. The number of hydrogen-bond donors (Lipinski definition) is 2. The van der Waals surface area contributed by atoms with Crippen molar-refractivity contribution in [3.63, 3.8) is 0 Å². The molecule has 7 nitrogen and oxygen atoms in total. The summed E-state index contributed by atoms with van der Waals surface area (Å²) in [6, 6.07) is 9.37. The number of aromatic amines is 1. The first kappa shape index (κ1) is 16.2. The molecule has 0 aliphatic carbocycles. The summed E-state index contributed by atoms with van der Waals surface area (Å²) in [5, 5.41) is 10.3. The Kier molecular flexibility index (Phi) is 4.90. The van der Waals surface area contributed by atoms with Crippen molar-refractivity contribution in [2.45, 2.75) is 26.7 Å². The van der Waals surface area contributed by atoms with Crippen LogP contribution < -0.4 is 5.32 Å². The van der Waals surface area contributed by atoms with Crippen LogP contribution in [-0.2, 0) is 9.53 Å². The number of aryl methyl sites for hydroxylation is 1. The van der Waals surface area contributed by atoms with Crippen LogP contribution >= 0.6 is 0 Å². The van der Waals surface area contributed by atoms with Crippen LogP contribution in [0.15, 0.2) is 30.3 Å². The Morgan fingerprint density at radius 2 is 2.12 bits per heavy atom. The van der Waals surface area contributed by atoms with E-state index in [2.05, 4.69) is 27.4 Å². The van der Waals surface area contributed by atoms with Gasteiger partial charge in [-0.25, -0.2) is 4.98 Å². The average Bonchev–Trinajstić information content (AvgIpc) is 3.09. The van der Waals surface area contributed by atoms with Crippen LogP contribution in [0.25, 0.3) is 17.0 Å². The standard InChI is InChI=1S/C17H21N5O2/c1-3-4-9-24-11-16(23)18-14-7-5-13(6-8-14)17-19-15-10-12(2)20-22(15)21-17/h5-8,10,20H,3-4,9,11H2,1-2H3,(H,18,23). The van der Waals surface area contributed by atoms with Crippen LogP contribution in [0.3, 0.4) is 0 Å². The van der Waals surface area contributed by atoms with E-state index in [9.17, 15) is 4.79 Å². The number of benzene rings is 1. The molecule has 3 rings (SSSR count). The van der Waals surface area contributed by atoms with Gasteiger partial charge in [0.1, 0.15) is 6.61 Å². The van der Waals surface area contributed by atoms with E-state index in [1.165, 1.54) is 0 Å². The lowest BCUT2D eigenvalue weighted by Crippen LogP contribution is -2.18. The smallest absolute Gasteiger partial charge is 0.250 e. The lowest BCUT2D eigenvalue weighted by atomic mass is 10.2. The summed E-state index contributed by atoms with van der Waals surface area (Å²) in [5.74, 6) is 0.491. The molecule has 7 heteroatoms. The number of hydrogen-bond acceptors (Lipinski definition) is 4. The highest BCUT2D eigenvalue weighted by Crippen LogP contribution is 2.19. The van der Waals surface area contributed by atoms with Crippen molar-refractivity contribution in [1.82, 2.24) is 19.8 Å². The second-order valence-corrected chi connectivity index (χ2v) is 5.68. The van der Waals surface area contributed by atoms with Gasteiger partial charge in [0.2, 0.25) is 5.91 Å². The predicted molar refractivity (Wildman–Crippen MR) is 91.9 cm³/mol. The first-order valence-electron chi connectivity index (χ1n) is 8.06. The Balaban J connectivity index is 1.60. The van der Waals surface area contributed by atoms with E-state index < -0.39 is 0 Å². The quantitative estimate of drug-likeness (QED) is 0.654. The molecule has 0 atom stereocenters. The van der Waals surface area contributed by atoms with Gasteiger partial charge in [0.25, 0.3) is 0 Å². The molecule has 2 N–H and O–H groups in total. The molecule has 0 unspecified atom stereocenters. The summed E-state index contributed by atoms with van der Waals surface area (Å²) in [7, 11) is 0. The monoisotopic (exact) mass is 327 g/mol. The Bertz CT molecular complexity index is 788. The average molecular weight is 327 g/mol. The largest absolute Gasteiger partial charge is 0.372 e. The molecular formula is C17H21N5O2. The van der Waals surface area contributed by atoms with Gasteiger partial charge in [-0.15, -0.1) is 5.10 Å². The van der Waals surface area contributed by atoms with Gasteiger partial charge in [-0.3, -0.25) is 9.89 Å². The summed E-state index contributed by atoms with van der Waals surface area (Å²) in [4.78, 5) is 16.2. The zero-order valence-electron chi connectivity index (χ0n) is 13.9. The summed E-state index contributed by atoms with van der Waals surface area (Å²) in [6.07, 6.45) is 2.02. The second-order valence-electron chi connectivity index (χ2n) is 5.68. The Morgan fingerprint density at radius 3 is 2.83 bits per heavy atom. The van der Waals surface area contributed by atoms with E-state index in [0.29, 0.717) is 12.4 Å². The molecular weight excluding hydrogens is 306 g/mol. The van der Waals surface area contributed by atoms with Crippen molar-refractivity contribution in [2.24, 2.45) is 0 Å². The van der Waals surface area contributed by atoms with E-state index in [1.807, 2.05) is 37.3 Å². The van der Waals surface area contributed by atoms with Gasteiger partial charge in [-0.2, -0.15) is 4.63 Å². The maximum Gasteiger partial charge on any atom is 0.250 e. The number of carbonyl (C=O) groups is 1. The normalized spacial score (nSPS) is 11.1. The summed E-state index contributed by atoms with van der Waals surface area (Å²) >= 11 is 0. The van der Waals surface area contributed by atoms with E-state index in [-0.39, 0.29) is 12.5 Å². The summed E-state index contributed by atoms with van der Waals surface area (Å²) in [5.41, 5.74) is 3.41. The van der Waals surface area contributed by atoms with Crippen LogP contribution in [0.2, 0.25) is 0 Å². The molecule has 126 valence electrons. The van der Waals surface area contributed by atoms with Gasteiger partial charge in [0, 0.05) is 29.6 Å². The van der Waals surface area contributed by atoms with E-state index in [1.54, 1.807) is 4.63 Å². The number of H-pyrrole nitrogens is 1. The highest BCUT2D eigenvalue weighted by molar-refractivity contribution is 5.91. The highest BCUT2D eigenvalue weighted by atomic mass is 16.5. The molecule has 0 saturated carbocycles. The second kappa shape index (κ2) is 7.27. The first-order valence-corrected chi connectivity index (χ1v) is 8.06. The third kappa shape index (κ3) is 3.80. The first-order chi connectivity index (χ1) is 11.7. The summed E-state index contributed by atoms with van der Waals surface area (Å²) < 4.78 is 6.94. The molecule has 2 heterocycles. The molecule has 24 heavy (non-hydrogen) atoms. The molecule has 0 saturated heterocycles. The molecule has 3 aromatic rings. The number of nitrogens with zero attached hydrogens (tertiary/aromatic N) is 3. The van der Waals surface area contributed by atoms with Gasteiger partial charge in [-0.05, 0) is 37.6 Å². The third-order valence-electron chi connectivity index (χ3n) is 3.56. The fraction of sp³-hybridized carbons (Fsp3) is 0.353. The van der Waals surface area contributed by atoms with E-state index in [0.717, 1.165) is 35.4 Å². The molecule has 0 fully saturated rings. The highest BCUT2D eigenvalue weighted by Gasteiger charge is 2.08. The zero-order chi connectivity index (χ0) is 16.9. The number of ether oxygens (including phenoxy) is 1. The van der Waals surface area contributed by atoms with Crippen molar-refractivity contribution < 1.29 is 9.53 Å². The lowest BCUT2D eigenvalue weighted by Gasteiger charge is -2.06. The number of anilines is 1. The minimum Gasteiger partial charge on any atom is -0.372 e. The van der Waals surface area contributed by atoms with Gasteiger partial charge in [0.05, 0.1) is 0 Å². The fourth-order valence-electron chi connectivity index (χ4n) is 2.33. The maximum absolute atomic E-state index is 11.8. The van der Waals surface area contributed by atoms with Crippen molar-refractivity contribution in [1.29, 1.82) is 0 Å². The molecule has 0 bridgehead atoms. The zero-order valence-corrected chi connectivity index (χ0v) is 13.9. The Morgan fingerprint density at radius 1 is 1.33 bits per heavy atom. The van der Waals surface area contributed by atoms with Gasteiger partial charge in [-0.1, -0.05) is 13.3 Å².